The Morgan fingerprint density at radius 2 is 1.83 bits per heavy atom. The first-order valence-electron chi connectivity index (χ1n) is 9.08. The lowest BCUT2D eigenvalue weighted by Gasteiger charge is -2.12. The maximum Gasteiger partial charge on any atom is 0.333 e. The van der Waals surface area contributed by atoms with Crippen molar-refractivity contribution in [3.63, 3.8) is 0 Å². The Kier molecular flexibility index (Phi) is 9.46. The highest BCUT2D eigenvalue weighted by atomic mass is 79.9. The normalized spacial score (nSPS) is 12.1. The van der Waals surface area contributed by atoms with E-state index in [1.165, 1.54) is 0 Å². The van der Waals surface area contributed by atoms with Crippen LogP contribution in [0.25, 0.3) is 0 Å². The molecule has 29 heavy (non-hydrogen) atoms. The van der Waals surface area contributed by atoms with E-state index in [0.29, 0.717) is 25.4 Å². The second-order valence-corrected chi connectivity index (χ2v) is 8.07. The summed E-state index contributed by atoms with van der Waals surface area (Å²) < 4.78 is 12.9. The molecule has 0 saturated carbocycles. The van der Waals surface area contributed by atoms with E-state index in [-0.39, 0.29) is 0 Å². The van der Waals surface area contributed by atoms with E-state index in [4.69, 9.17) is 14.6 Å². The quantitative estimate of drug-likeness (QED) is 0.458. The number of benzene rings is 2. The summed E-state index contributed by atoms with van der Waals surface area (Å²) in [4.78, 5) is 11.2. The van der Waals surface area contributed by atoms with Crippen molar-refractivity contribution in [2.24, 2.45) is 0 Å². The zero-order valence-electron chi connectivity index (χ0n) is 16.2. The number of hydrogen-bond donors (Lipinski definition) is 1. The number of carbonyl (C=O) groups is 1. The van der Waals surface area contributed by atoms with Gasteiger partial charge in [-0.25, -0.2) is 4.79 Å². The fourth-order valence-corrected chi connectivity index (χ4v) is 3.76. The maximum atomic E-state index is 11.2. The monoisotopic (exact) mass is 520 g/mol. The fraction of sp³-hybridized carbons (Fsp3) is 0.261. The van der Waals surface area contributed by atoms with Crippen LogP contribution in [0.4, 0.5) is 0 Å². The van der Waals surface area contributed by atoms with Gasteiger partial charge >= 0.3 is 5.97 Å². The van der Waals surface area contributed by atoms with Crippen molar-refractivity contribution < 1.29 is 19.4 Å². The molecule has 0 saturated heterocycles. The predicted octanol–water partition coefficient (Wildman–Crippen LogP) is 5.62. The van der Waals surface area contributed by atoms with Crippen molar-refractivity contribution in [3.05, 3.63) is 74.2 Å². The van der Waals surface area contributed by atoms with E-state index in [1.54, 1.807) is 6.92 Å². The average molecular weight is 522 g/mol. The summed E-state index contributed by atoms with van der Waals surface area (Å²) in [7, 11) is 0. The summed E-state index contributed by atoms with van der Waals surface area (Å²) >= 11 is 6.90. The van der Waals surface area contributed by atoms with Gasteiger partial charge < -0.3 is 14.6 Å². The highest BCUT2D eigenvalue weighted by Crippen LogP contribution is 2.19. The molecule has 0 fully saturated rings. The molecule has 2 aromatic carbocycles. The zero-order chi connectivity index (χ0) is 21.2. The Morgan fingerprint density at radius 1 is 1.17 bits per heavy atom. The lowest BCUT2D eigenvalue weighted by Crippen LogP contribution is -2.26. The smallest absolute Gasteiger partial charge is 0.333 e. The van der Waals surface area contributed by atoms with Crippen molar-refractivity contribution in [2.45, 2.75) is 26.4 Å². The van der Waals surface area contributed by atoms with Crippen molar-refractivity contribution in [3.8, 4) is 17.6 Å². The van der Waals surface area contributed by atoms with E-state index in [0.717, 1.165) is 25.6 Å². The lowest BCUT2D eigenvalue weighted by molar-refractivity contribution is -0.149. The van der Waals surface area contributed by atoms with Crippen LogP contribution in [-0.2, 0) is 16.0 Å². The van der Waals surface area contributed by atoms with Gasteiger partial charge in [-0.3, -0.25) is 0 Å². The van der Waals surface area contributed by atoms with Crippen LogP contribution in [0.15, 0.2) is 63.1 Å². The second-order valence-electron chi connectivity index (χ2n) is 6.24. The largest absolute Gasteiger partial charge is 0.490 e. The summed E-state index contributed by atoms with van der Waals surface area (Å²) in [5.41, 5.74) is 2.72. The van der Waals surface area contributed by atoms with E-state index in [2.05, 4.69) is 43.7 Å². The number of ether oxygens (including phenoxy) is 2. The van der Waals surface area contributed by atoms with Gasteiger partial charge in [0.15, 0.2) is 6.10 Å². The molecule has 0 amide bonds. The van der Waals surface area contributed by atoms with E-state index in [9.17, 15) is 4.79 Å². The van der Waals surface area contributed by atoms with Gasteiger partial charge in [0.1, 0.15) is 12.4 Å². The fourth-order valence-electron chi connectivity index (χ4n) is 2.47. The molecule has 1 atom stereocenters. The van der Waals surface area contributed by atoms with Gasteiger partial charge in [0.25, 0.3) is 0 Å². The minimum absolute atomic E-state index is 0.323. The highest BCUT2D eigenvalue weighted by molar-refractivity contribution is 9.11. The molecule has 0 aliphatic heterocycles. The van der Waals surface area contributed by atoms with Gasteiger partial charge in [-0.2, -0.15) is 0 Å². The van der Waals surface area contributed by atoms with Gasteiger partial charge in [-0.05, 0) is 61.4 Å². The Bertz CT molecular complexity index is 904. The lowest BCUT2D eigenvalue weighted by atomic mass is 10.1. The molecular weight excluding hydrogens is 500 g/mol. The molecule has 0 radical (unpaired) electrons. The van der Waals surface area contributed by atoms with Crippen LogP contribution < -0.4 is 4.74 Å². The molecule has 1 N–H and O–H groups in total. The highest BCUT2D eigenvalue weighted by Gasteiger charge is 2.17. The molecule has 0 aromatic heterocycles. The van der Waals surface area contributed by atoms with Gasteiger partial charge in [-0.15, -0.1) is 0 Å². The van der Waals surface area contributed by atoms with Crippen molar-refractivity contribution in [1.82, 2.24) is 0 Å². The topological polar surface area (TPSA) is 55.8 Å². The third-order valence-electron chi connectivity index (χ3n) is 3.89. The van der Waals surface area contributed by atoms with Crippen LogP contribution >= 0.6 is 31.9 Å². The Balaban J connectivity index is 1.89. The molecule has 1 unspecified atom stereocenters. The molecule has 152 valence electrons. The number of halogens is 2. The molecule has 0 bridgehead atoms. The number of allylic oxidation sites excluding steroid dienone is 1. The number of hydrogen-bond acceptors (Lipinski definition) is 3. The van der Waals surface area contributed by atoms with E-state index >= 15 is 0 Å². The van der Waals surface area contributed by atoms with Gasteiger partial charge in [0.05, 0.1) is 0 Å². The van der Waals surface area contributed by atoms with Crippen LogP contribution in [-0.4, -0.2) is 30.4 Å². The van der Waals surface area contributed by atoms with Crippen LogP contribution in [0.1, 0.15) is 25.0 Å². The van der Waals surface area contributed by atoms with Crippen molar-refractivity contribution >= 4 is 37.8 Å². The molecule has 0 heterocycles. The number of aliphatic carboxylic acids is 1. The molecule has 6 heteroatoms. The Labute approximate surface area is 188 Å². The number of carboxylic acids is 1. The number of carboxylic acid groups (broad SMARTS) is 1. The number of rotatable bonds is 8. The van der Waals surface area contributed by atoms with Crippen molar-refractivity contribution in [1.29, 1.82) is 0 Å². The Morgan fingerprint density at radius 3 is 2.41 bits per heavy atom. The molecule has 0 spiro atoms. The summed E-state index contributed by atoms with van der Waals surface area (Å²) in [5, 5.41) is 9.16. The minimum atomic E-state index is -0.955. The van der Waals surface area contributed by atoms with Crippen LogP contribution in [0.3, 0.4) is 0 Å². The van der Waals surface area contributed by atoms with Crippen LogP contribution in [0, 0.1) is 11.8 Å². The second kappa shape index (κ2) is 11.8. The van der Waals surface area contributed by atoms with E-state index in [1.807, 2.05) is 55.5 Å². The predicted molar refractivity (Wildman–Crippen MR) is 121 cm³/mol. The van der Waals surface area contributed by atoms with Crippen LogP contribution in [0.2, 0.25) is 0 Å². The molecule has 2 aromatic rings. The molecule has 0 aliphatic rings. The average Bonchev–Trinajstić information content (AvgIpc) is 2.66. The van der Waals surface area contributed by atoms with Crippen molar-refractivity contribution in [2.75, 3.05) is 13.2 Å². The zero-order valence-corrected chi connectivity index (χ0v) is 19.4. The summed E-state index contributed by atoms with van der Waals surface area (Å²) in [6.07, 6.45) is 1.41. The first kappa shape index (κ1) is 23.2. The van der Waals surface area contributed by atoms with Gasteiger partial charge in [-0.1, -0.05) is 55.8 Å². The Hall–Kier alpha value is -2.07. The van der Waals surface area contributed by atoms with Crippen LogP contribution in [0.5, 0.6) is 5.75 Å². The first-order valence-corrected chi connectivity index (χ1v) is 10.7. The summed E-state index contributed by atoms with van der Waals surface area (Å²) in [6, 6.07) is 13.2. The third kappa shape index (κ3) is 8.45. The standard InChI is InChI=1S/C23H22Br2O4/c1-3-28-22(23(26)27)14-17-6-8-21(9-7-17)29-11-10-16(2)4-5-18-12-19(24)15-20(25)13-18/h6-10,12-13,15,22H,3,11,14H2,1-2H3,(H,26,27)/b16-10+. The molecule has 0 aliphatic carbocycles. The SMILES string of the molecule is CCOC(Cc1ccc(OC/C=C(\C)C#Cc2cc(Br)cc(Br)c2)cc1)C(=O)O. The van der Waals surface area contributed by atoms with E-state index < -0.39 is 12.1 Å². The summed E-state index contributed by atoms with van der Waals surface area (Å²) in [5.74, 6) is 6.00. The van der Waals surface area contributed by atoms with Gasteiger partial charge in [0, 0.05) is 27.5 Å². The molecular formula is C23H22Br2O4. The maximum absolute atomic E-state index is 11.2. The minimum Gasteiger partial charge on any atom is -0.490 e. The molecule has 2 rings (SSSR count). The van der Waals surface area contributed by atoms with Gasteiger partial charge in [0.2, 0.25) is 0 Å². The molecule has 4 nitrogen and oxygen atoms in total. The first-order chi connectivity index (χ1) is 13.9. The third-order valence-corrected chi connectivity index (χ3v) is 4.81. The summed E-state index contributed by atoms with van der Waals surface area (Å²) in [6.45, 7) is 4.49.